The lowest BCUT2D eigenvalue weighted by Crippen LogP contribution is -2.46. The molecule has 1 aromatic heterocycles. The molecule has 0 saturated heterocycles. The number of nitrogens with zero attached hydrogens (tertiary/aromatic N) is 3. The molecule has 0 radical (unpaired) electrons. The quantitative estimate of drug-likeness (QED) is 0.519. The van der Waals surface area contributed by atoms with Gasteiger partial charge in [-0.15, -0.1) is 0 Å². The van der Waals surface area contributed by atoms with Crippen molar-refractivity contribution in [3.8, 4) is 0 Å². The minimum absolute atomic E-state index is 0.000201. The number of hydrogen-bond donors (Lipinski definition) is 0. The molecule has 0 bridgehead atoms. The van der Waals surface area contributed by atoms with E-state index in [9.17, 15) is 9.59 Å². The van der Waals surface area contributed by atoms with Crippen LogP contribution in [0.25, 0.3) is 0 Å². The molecule has 0 spiro atoms. The van der Waals surface area contributed by atoms with E-state index < -0.39 is 0 Å². The molecule has 2 aromatic rings. The summed E-state index contributed by atoms with van der Waals surface area (Å²) in [5, 5.41) is 0. The summed E-state index contributed by atoms with van der Waals surface area (Å²) in [7, 11) is 0. The Morgan fingerprint density at radius 2 is 1.61 bits per heavy atom. The minimum atomic E-state index is -0.115. The Bertz CT molecular complexity index is 824. The third kappa shape index (κ3) is 7.57. The molecule has 1 aromatic carbocycles. The van der Waals surface area contributed by atoms with Gasteiger partial charge in [-0.1, -0.05) is 58.0 Å². The van der Waals surface area contributed by atoms with Gasteiger partial charge in [-0.2, -0.15) is 0 Å². The molecule has 0 unspecified atom stereocenters. The van der Waals surface area contributed by atoms with E-state index in [0.29, 0.717) is 19.0 Å². The molecule has 2 amide bonds. The molecule has 5 heteroatoms. The van der Waals surface area contributed by atoms with Crippen molar-refractivity contribution < 1.29 is 9.59 Å². The second-order valence-electron chi connectivity index (χ2n) is 9.33. The monoisotopic (exact) mass is 425 g/mol. The molecule has 170 valence electrons. The SMILES string of the molecule is CC(C)CCN(CC(=O)N(Cc1cccn1Cc1ccccc1)C(C)C)C(=O)C(C)C. The first-order chi connectivity index (χ1) is 14.7. The van der Waals surface area contributed by atoms with E-state index in [-0.39, 0.29) is 30.3 Å². The van der Waals surface area contributed by atoms with Gasteiger partial charge in [-0.3, -0.25) is 9.59 Å². The first-order valence-electron chi connectivity index (χ1n) is 11.4. The number of hydrogen-bond acceptors (Lipinski definition) is 2. The normalized spacial score (nSPS) is 11.4. The number of aromatic nitrogens is 1. The molecule has 0 fully saturated rings. The van der Waals surface area contributed by atoms with Gasteiger partial charge in [0.1, 0.15) is 0 Å². The number of rotatable bonds is 11. The van der Waals surface area contributed by atoms with E-state index >= 15 is 0 Å². The zero-order chi connectivity index (χ0) is 23.0. The standard InChI is InChI=1S/C26H39N3O2/c1-20(2)14-16-28(26(31)21(3)4)19-25(30)29(22(5)6)18-24-13-10-15-27(24)17-23-11-8-7-9-12-23/h7-13,15,20-22H,14,16-19H2,1-6H3. The fourth-order valence-corrected chi connectivity index (χ4v) is 3.56. The van der Waals surface area contributed by atoms with E-state index in [2.05, 4.69) is 42.8 Å². The maximum atomic E-state index is 13.3. The molecular weight excluding hydrogens is 386 g/mol. The van der Waals surface area contributed by atoms with Crippen LogP contribution < -0.4 is 0 Å². The summed E-state index contributed by atoms with van der Waals surface area (Å²) >= 11 is 0. The van der Waals surface area contributed by atoms with Crippen LogP contribution in [0.5, 0.6) is 0 Å². The van der Waals surface area contributed by atoms with Gasteiger partial charge in [0.05, 0.1) is 13.1 Å². The van der Waals surface area contributed by atoms with Crippen LogP contribution in [-0.4, -0.2) is 45.3 Å². The molecule has 0 N–H and O–H groups in total. The van der Waals surface area contributed by atoms with Gasteiger partial charge < -0.3 is 14.4 Å². The second kappa shape index (κ2) is 11.7. The Morgan fingerprint density at radius 3 is 2.19 bits per heavy atom. The molecule has 5 nitrogen and oxygen atoms in total. The second-order valence-corrected chi connectivity index (χ2v) is 9.33. The lowest BCUT2D eigenvalue weighted by molar-refractivity contribution is -0.143. The van der Waals surface area contributed by atoms with Gasteiger partial charge in [0.15, 0.2) is 0 Å². The highest BCUT2D eigenvalue weighted by Crippen LogP contribution is 2.14. The van der Waals surface area contributed by atoms with Crippen LogP contribution in [0.3, 0.4) is 0 Å². The predicted molar refractivity (Wildman–Crippen MR) is 127 cm³/mol. The Kier molecular flexibility index (Phi) is 9.35. The lowest BCUT2D eigenvalue weighted by atomic mass is 10.1. The Labute approximate surface area is 188 Å². The zero-order valence-corrected chi connectivity index (χ0v) is 20.0. The van der Waals surface area contributed by atoms with E-state index in [0.717, 1.165) is 18.7 Å². The number of amides is 2. The summed E-state index contributed by atoms with van der Waals surface area (Å²) in [5.41, 5.74) is 2.32. The maximum absolute atomic E-state index is 13.3. The first-order valence-corrected chi connectivity index (χ1v) is 11.4. The molecule has 31 heavy (non-hydrogen) atoms. The number of benzene rings is 1. The van der Waals surface area contributed by atoms with Gasteiger partial charge in [-0.05, 0) is 43.9 Å². The highest BCUT2D eigenvalue weighted by atomic mass is 16.2. The van der Waals surface area contributed by atoms with Crippen LogP contribution in [0.1, 0.15) is 59.2 Å². The predicted octanol–water partition coefficient (Wildman–Crippen LogP) is 4.80. The van der Waals surface area contributed by atoms with E-state index in [1.165, 1.54) is 5.56 Å². The van der Waals surface area contributed by atoms with Crippen LogP contribution in [0.15, 0.2) is 48.7 Å². The van der Waals surface area contributed by atoms with Gasteiger partial charge in [0.25, 0.3) is 0 Å². The molecule has 0 saturated carbocycles. The van der Waals surface area contributed by atoms with Crippen LogP contribution in [-0.2, 0) is 22.7 Å². The van der Waals surface area contributed by atoms with E-state index in [4.69, 9.17) is 0 Å². The zero-order valence-electron chi connectivity index (χ0n) is 20.0. The average molecular weight is 426 g/mol. The summed E-state index contributed by atoms with van der Waals surface area (Å²) in [6.07, 6.45) is 2.95. The Hall–Kier alpha value is -2.56. The third-order valence-electron chi connectivity index (χ3n) is 5.50. The minimum Gasteiger partial charge on any atom is -0.345 e. The van der Waals surface area contributed by atoms with Crippen LogP contribution in [0.4, 0.5) is 0 Å². The Balaban J connectivity index is 2.13. The molecule has 1 heterocycles. The summed E-state index contributed by atoms with van der Waals surface area (Å²) in [5.74, 6) is 0.418. The fourth-order valence-electron chi connectivity index (χ4n) is 3.56. The topological polar surface area (TPSA) is 45.6 Å². The molecule has 0 aliphatic carbocycles. The number of carbonyl (C=O) groups excluding carboxylic acids is 2. The van der Waals surface area contributed by atoms with Crippen molar-refractivity contribution in [3.63, 3.8) is 0 Å². The van der Waals surface area contributed by atoms with Gasteiger partial charge in [-0.25, -0.2) is 0 Å². The van der Waals surface area contributed by atoms with Crippen molar-refractivity contribution in [1.29, 1.82) is 0 Å². The first kappa shape index (κ1) is 24.7. The summed E-state index contributed by atoms with van der Waals surface area (Å²) < 4.78 is 2.19. The van der Waals surface area contributed by atoms with E-state index in [1.807, 2.05) is 56.9 Å². The molecule has 0 aliphatic heterocycles. The summed E-state index contributed by atoms with van der Waals surface area (Å²) in [6, 6.07) is 14.5. The van der Waals surface area contributed by atoms with Crippen LogP contribution in [0, 0.1) is 11.8 Å². The van der Waals surface area contributed by atoms with Crippen molar-refractivity contribution in [1.82, 2.24) is 14.4 Å². The smallest absolute Gasteiger partial charge is 0.242 e. The van der Waals surface area contributed by atoms with Gasteiger partial charge in [0.2, 0.25) is 11.8 Å². The maximum Gasteiger partial charge on any atom is 0.242 e. The van der Waals surface area contributed by atoms with Crippen LogP contribution in [0.2, 0.25) is 0 Å². The van der Waals surface area contributed by atoms with E-state index in [1.54, 1.807) is 4.90 Å². The summed E-state index contributed by atoms with van der Waals surface area (Å²) in [4.78, 5) is 29.6. The van der Waals surface area contributed by atoms with Crippen molar-refractivity contribution in [3.05, 3.63) is 59.9 Å². The van der Waals surface area contributed by atoms with Crippen LogP contribution >= 0.6 is 0 Å². The third-order valence-corrected chi connectivity index (χ3v) is 5.50. The largest absolute Gasteiger partial charge is 0.345 e. The fraction of sp³-hybridized carbons (Fsp3) is 0.538. The molecule has 0 aliphatic rings. The molecule has 2 rings (SSSR count). The average Bonchev–Trinajstić information content (AvgIpc) is 3.15. The van der Waals surface area contributed by atoms with Gasteiger partial charge in [0, 0.05) is 36.9 Å². The van der Waals surface area contributed by atoms with Crippen molar-refractivity contribution >= 4 is 11.8 Å². The van der Waals surface area contributed by atoms with Gasteiger partial charge >= 0.3 is 0 Å². The summed E-state index contributed by atoms with van der Waals surface area (Å²) in [6.45, 7) is 14.2. The highest BCUT2D eigenvalue weighted by molar-refractivity contribution is 5.85. The Morgan fingerprint density at radius 1 is 0.935 bits per heavy atom. The lowest BCUT2D eigenvalue weighted by Gasteiger charge is -2.31. The highest BCUT2D eigenvalue weighted by Gasteiger charge is 2.25. The van der Waals surface area contributed by atoms with Crippen molar-refractivity contribution in [2.24, 2.45) is 11.8 Å². The molecule has 0 atom stereocenters. The van der Waals surface area contributed by atoms with Crippen molar-refractivity contribution in [2.75, 3.05) is 13.1 Å². The number of carbonyl (C=O) groups is 2. The molecular formula is C26H39N3O2. The van der Waals surface area contributed by atoms with Crippen molar-refractivity contribution in [2.45, 2.75) is 67.1 Å².